The fourth-order valence-electron chi connectivity index (χ4n) is 2.77. The molecule has 0 spiro atoms. The molecule has 4 nitrogen and oxygen atoms in total. The van der Waals surface area contributed by atoms with Crippen LogP contribution in [0.4, 0.5) is 0 Å². The highest BCUT2D eigenvalue weighted by Gasteiger charge is 2.17. The van der Waals surface area contributed by atoms with Crippen LogP contribution in [0.15, 0.2) is 52.0 Å². The lowest BCUT2D eigenvalue weighted by Crippen LogP contribution is -1.99. The zero-order chi connectivity index (χ0) is 19.0. The zero-order valence-electron chi connectivity index (χ0n) is 14.2. The van der Waals surface area contributed by atoms with E-state index < -0.39 is 0 Å². The van der Waals surface area contributed by atoms with Crippen molar-refractivity contribution in [3.63, 3.8) is 0 Å². The molecule has 0 saturated carbocycles. The van der Waals surface area contributed by atoms with E-state index in [1.165, 1.54) is 0 Å². The van der Waals surface area contributed by atoms with Gasteiger partial charge in [0.05, 0.1) is 0 Å². The van der Waals surface area contributed by atoms with E-state index in [1.807, 2.05) is 41.8 Å². The second kappa shape index (κ2) is 7.76. The summed E-state index contributed by atoms with van der Waals surface area (Å²) in [5, 5.41) is 12.3. The van der Waals surface area contributed by atoms with E-state index in [4.69, 9.17) is 39.2 Å². The molecule has 0 aliphatic rings. The number of thioether (sulfide) groups is 1. The van der Waals surface area contributed by atoms with E-state index in [9.17, 15) is 0 Å². The fourth-order valence-corrected chi connectivity index (χ4v) is 4.51. The maximum atomic E-state index is 6.26. The molecule has 2 aromatic carbocycles. The van der Waals surface area contributed by atoms with E-state index in [0.29, 0.717) is 32.4 Å². The summed E-state index contributed by atoms with van der Waals surface area (Å²) in [4.78, 5) is 0. The molecule has 4 rings (SSSR count). The van der Waals surface area contributed by atoms with Crippen molar-refractivity contribution in [2.75, 3.05) is 0 Å². The molecular weight excluding hydrogens is 425 g/mol. The van der Waals surface area contributed by atoms with Gasteiger partial charge in [-0.3, -0.25) is 4.57 Å². The van der Waals surface area contributed by atoms with E-state index in [0.717, 1.165) is 28.2 Å². The lowest BCUT2D eigenvalue weighted by molar-refractivity contribution is 0.607. The molecule has 0 radical (unpaired) electrons. The summed E-state index contributed by atoms with van der Waals surface area (Å²) in [5.41, 5.74) is 1.76. The number of furan rings is 1. The van der Waals surface area contributed by atoms with Crippen LogP contribution in [-0.2, 0) is 12.3 Å². The Kier molecular flexibility index (Phi) is 5.37. The topological polar surface area (TPSA) is 43.9 Å². The highest BCUT2D eigenvalue weighted by atomic mass is 35.5. The Labute approximate surface area is 175 Å². The third-order valence-corrected chi connectivity index (χ3v) is 5.94. The first-order valence-corrected chi connectivity index (χ1v) is 10.4. The van der Waals surface area contributed by atoms with Crippen molar-refractivity contribution in [2.24, 2.45) is 0 Å². The number of nitrogens with zero attached hydrogens (tertiary/aromatic N) is 3. The number of aromatic nitrogens is 3. The van der Waals surface area contributed by atoms with E-state index >= 15 is 0 Å². The summed E-state index contributed by atoms with van der Waals surface area (Å²) in [6, 6.07) is 13.0. The molecule has 2 aromatic heterocycles. The lowest BCUT2D eigenvalue weighted by Gasteiger charge is -2.07. The van der Waals surface area contributed by atoms with Crippen molar-refractivity contribution in [1.82, 2.24) is 14.8 Å². The molecule has 0 unspecified atom stereocenters. The van der Waals surface area contributed by atoms with Crippen LogP contribution in [0.3, 0.4) is 0 Å². The average molecular weight is 439 g/mol. The first-order valence-electron chi connectivity index (χ1n) is 8.24. The first-order chi connectivity index (χ1) is 13.0. The standard InChI is InChI=1S/C19H14Cl3N3OS/c1-2-25-18(17-8-12-7-13(20)5-6-16(12)26-17)23-24-19(25)27-10-11-3-4-14(21)9-15(11)22/h3-9H,2,10H2,1H3. The lowest BCUT2D eigenvalue weighted by atomic mass is 10.2. The SMILES string of the molecule is CCn1c(SCc2ccc(Cl)cc2Cl)nnc1-c1cc2cc(Cl)ccc2o1. The van der Waals surface area contributed by atoms with Gasteiger partial charge in [-0.05, 0) is 48.9 Å². The molecule has 4 aromatic rings. The second-order valence-corrected chi connectivity index (χ2v) is 8.09. The Bertz CT molecular complexity index is 1120. The molecule has 0 amide bonds. The quantitative estimate of drug-likeness (QED) is 0.316. The van der Waals surface area contributed by atoms with Gasteiger partial charge in [0.2, 0.25) is 5.82 Å². The van der Waals surface area contributed by atoms with Crippen LogP contribution in [0.5, 0.6) is 0 Å². The van der Waals surface area contributed by atoms with Gasteiger partial charge in [-0.1, -0.05) is 52.6 Å². The summed E-state index contributed by atoms with van der Waals surface area (Å²) in [6.45, 7) is 2.77. The van der Waals surface area contributed by atoms with E-state index in [2.05, 4.69) is 10.2 Å². The number of hydrogen-bond donors (Lipinski definition) is 0. The minimum absolute atomic E-state index is 0.623. The maximum Gasteiger partial charge on any atom is 0.200 e. The molecular formula is C19H14Cl3N3OS. The van der Waals surface area contributed by atoms with Gasteiger partial charge in [0.25, 0.3) is 0 Å². The molecule has 27 heavy (non-hydrogen) atoms. The van der Waals surface area contributed by atoms with Crippen molar-refractivity contribution in [2.45, 2.75) is 24.4 Å². The smallest absolute Gasteiger partial charge is 0.200 e. The van der Waals surface area contributed by atoms with Gasteiger partial charge in [0, 0.05) is 32.8 Å². The van der Waals surface area contributed by atoms with Crippen molar-refractivity contribution < 1.29 is 4.42 Å². The predicted octanol–water partition coefficient (Wildman–Crippen LogP) is 6.96. The summed E-state index contributed by atoms with van der Waals surface area (Å²) in [5.74, 6) is 2.02. The third kappa shape index (κ3) is 3.83. The summed E-state index contributed by atoms with van der Waals surface area (Å²) in [6.07, 6.45) is 0. The number of benzene rings is 2. The van der Waals surface area contributed by atoms with E-state index in [1.54, 1.807) is 23.9 Å². The fraction of sp³-hybridized carbons (Fsp3) is 0.158. The molecule has 0 saturated heterocycles. The van der Waals surface area contributed by atoms with Gasteiger partial charge in [-0.25, -0.2) is 0 Å². The Morgan fingerprint density at radius 3 is 2.56 bits per heavy atom. The van der Waals surface area contributed by atoms with Crippen LogP contribution in [0.25, 0.3) is 22.6 Å². The molecule has 8 heteroatoms. The largest absolute Gasteiger partial charge is 0.453 e. The van der Waals surface area contributed by atoms with Gasteiger partial charge in [0.1, 0.15) is 5.58 Å². The predicted molar refractivity (Wildman–Crippen MR) is 112 cm³/mol. The van der Waals surface area contributed by atoms with Crippen LogP contribution in [0.1, 0.15) is 12.5 Å². The number of fused-ring (bicyclic) bond motifs is 1. The molecule has 0 aliphatic carbocycles. The number of hydrogen-bond acceptors (Lipinski definition) is 4. The molecule has 138 valence electrons. The minimum Gasteiger partial charge on any atom is -0.453 e. The van der Waals surface area contributed by atoms with Crippen LogP contribution >= 0.6 is 46.6 Å². The second-order valence-electron chi connectivity index (χ2n) is 5.87. The van der Waals surface area contributed by atoms with Gasteiger partial charge < -0.3 is 4.42 Å². The summed E-state index contributed by atoms with van der Waals surface area (Å²) >= 11 is 19.9. The maximum absolute atomic E-state index is 6.26. The monoisotopic (exact) mass is 437 g/mol. The molecule has 0 atom stereocenters. The Balaban J connectivity index is 1.62. The number of rotatable bonds is 5. The van der Waals surface area contributed by atoms with Crippen LogP contribution < -0.4 is 0 Å². The van der Waals surface area contributed by atoms with Gasteiger partial charge in [-0.15, -0.1) is 10.2 Å². The first kappa shape index (κ1) is 18.7. The Morgan fingerprint density at radius 1 is 1.00 bits per heavy atom. The van der Waals surface area contributed by atoms with Crippen molar-refractivity contribution in [3.05, 3.63) is 63.1 Å². The van der Waals surface area contributed by atoms with E-state index in [-0.39, 0.29) is 0 Å². The molecule has 0 N–H and O–H groups in total. The highest BCUT2D eigenvalue weighted by molar-refractivity contribution is 7.98. The van der Waals surface area contributed by atoms with Crippen molar-refractivity contribution in [3.8, 4) is 11.6 Å². The van der Waals surface area contributed by atoms with Crippen LogP contribution in [0, 0.1) is 0 Å². The van der Waals surface area contributed by atoms with Gasteiger partial charge >= 0.3 is 0 Å². The Hall–Kier alpha value is -1.66. The zero-order valence-corrected chi connectivity index (χ0v) is 17.3. The molecule has 0 fully saturated rings. The average Bonchev–Trinajstić information content (AvgIpc) is 3.23. The van der Waals surface area contributed by atoms with Gasteiger partial charge in [-0.2, -0.15) is 0 Å². The third-order valence-electron chi connectivity index (χ3n) is 4.10. The van der Waals surface area contributed by atoms with Crippen molar-refractivity contribution >= 4 is 57.5 Å². The molecule has 0 bridgehead atoms. The van der Waals surface area contributed by atoms with Crippen LogP contribution in [0.2, 0.25) is 15.1 Å². The summed E-state index contributed by atoms with van der Waals surface area (Å²) in [7, 11) is 0. The number of halogens is 3. The van der Waals surface area contributed by atoms with Gasteiger partial charge in [0.15, 0.2) is 10.9 Å². The van der Waals surface area contributed by atoms with Crippen LogP contribution in [-0.4, -0.2) is 14.8 Å². The minimum atomic E-state index is 0.623. The van der Waals surface area contributed by atoms with Crippen molar-refractivity contribution in [1.29, 1.82) is 0 Å². The molecule has 0 aliphatic heterocycles. The highest BCUT2D eigenvalue weighted by Crippen LogP contribution is 2.32. The Morgan fingerprint density at radius 2 is 1.78 bits per heavy atom. The molecule has 2 heterocycles. The normalized spacial score (nSPS) is 11.4. The summed E-state index contributed by atoms with van der Waals surface area (Å²) < 4.78 is 7.95.